The molecular formula is C16H14ClN3O. The predicted octanol–water partition coefficient (Wildman–Crippen LogP) is 3.39. The third-order valence-corrected chi connectivity index (χ3v) is 3.47. The lowest BCUT2D eigenvalue weighted by Crippen LogP contribution is -2.00. The van der Waals surface area contributed by atoms with Crippen molar-refractivity contribution in [2.24, 2.45) is 0 Å². The van der Waals surface area contributed by atoms with Crippen LogP contribution in [0.2, 0.25) is 5.02 Å². The molecule has 0 bridgehead atoms. The minimum Gasteiger partial charge on any atom is -0.390 e. The van der Waals surface area contributed by atoms with Crippen molar-refractivity contribution in [2.75, 3.05) is 0 Å². The van der Waals surface area contributed by atoms with Crippen molar-refractivity contribution >= 4 is 11.6 Å². The first-order valence-electron chi connectivity index (χ1n) is 6.57. The van der Waals surface area contributed by atoms with Crippen molar-refractivity contribution in [2.45, 2.75) is 13.5 Å². The predicted molar refractivity (Wildman–Crippen MR) is 82.5 cm³/mol. The van der Waals surface area contributed by atoms with Gasteiger partial charge >= 0.3 is 0 Å². The van der Waals surface area contributed by atoms with E-state index in [2.05, 4.69) is 10.3 Å². The van der Waals surface area contributed by atoms with Gasteiger partial charge in [-0.3, -0.25) is 0 Å². The van der Waals surface area contributed by atoms with Crippen molar-refractivity contribution in [3.8, 4) is 16.9 Å². The van der Waals surface area contributed by atoms with Crippen LogP contribution in [0, 0.1) is 6.92 Å². The fourth-order valence-corrected chi connectivity index (χ4v) is 2.47. The molecule has 2 aromatic carbocycles. The van der Waals surface area contributed by atoms with Crippen molar-refractivity contribution in [3.05, 3.63) is 64.8 Å². The van der Waals surface area contributed by atoms with Gasteiger partial charge in [0.05, 0.1) is 12.3 Å². The van der Waals surface area contributed by atoms with Gasteiger partial charge in [0.25, 0.3) is 0 Å². The van der Waals surface area contributed by atoms with E-state index in [4.69, 9.17) is 11.6 Å². The number of aliphatic hydroxyl groups is 1. The number of hydrogen-bond acceptors (Lipinski definition) is 3. The summed E-state index contributed by atoms with van der Waals surface area (Å²) in [4.78, 5) is 0. The summed E-state index contributed by atoms with van der Waals surface area (Å²) in [5.41, 5.74) is 4.19. The minimum atomic E-state index is -0.173. The Bertz CT molecular complexity index is 783. The van der Waals surface area contributed by atoms with E-state index in [9.17, 15) is 5.11 Å². The Labute approximate surface area is 127 Å². The van der Waals surface area contributed by atoms with Gasteiger partial charge in [-0.2, -0.15) is 0 Å². The number of benzene rings is 2. The lowest BCUT2D eigenvalue weighted by Gasteiger charge is -2.09. The second-order valence-corrected chi connectivity index (χ2v) is 5.24. The van der Waals surface area contributed by atoms with Crippen LogP contribution < -0.4 is 0 Å². The Morgan fingerprint density at radius 2 is 1.95 bits per heavy atom. The summed E-state index contributed by atoms with van der Waals surface area (Å²) in [7, 11) is 0. The Balaban J connectivity index is 2.21. The van der Waals surface area contributed by atoms with Gasteiger partial charge in [0.1, 0.15) is 11.4 Å². The highest BCUT2D eigenvalue weighted by molar-refractivity contribution is 6.30. The summed E-state index contributed by atoms with van der Waals surface area (Å²) in [6.45, 7) is 1.85. The average molecular weight is 300 g/mol. The lowest BCUT2D eigenvalue weighted by molar-refractivity contribution is 0.277. The van der Waals surface area contributed by atoms with E-state index in [1.54, 1.807) is 4.68 Å². The number of aliphatic hydroxyl groups excluding tert-OH is 1. The van der Waals surface area contributed by atoms with Crippen LogP contribution in [0.4, 0.5) is 0 Å². The third kappa shape index (κ3) is 2.68. The zero-order chi connectivity index (χ0) is 14.8. The Hall–Kier alpha value is -2.17. The van der Waals surface area contributed by atoms with E-state index in [1.165, 1.54) is 0 Å². The summed E-state index contributed by atoms with van der Waals surface area (Å²) >= 11 is 6.07. The molecular weight excluding hydrogens is 286 g/mol. The molecule has 0 saturated heterocycles. The van der Waals surface area contributed by atoms with Crippen LogP contribution >= 0.6 is 11.6 Å². The molecule has 4 nitrogen and oxygen atoms in total. The van der Waals surface area contributed by atoms with Crippen molar-refractivity contribution < 1.29 is 5.11 Å². The van der Waals surface area contributed by atoms with Gasteiger partial charge in [-0.15, -0.1) is 5.10 Å². The summed E-state index contributed by atoms with van der Waals surface area (Å²) in [6.07, 6.45) is 0. The second-order valence-electron chi connectivity index (χ2n) is 4.80. The number of aromatic nitrogens is 3. The average Bonchev–Trinajstić information content (AvgIpc) is 2.91. The topological polar surface area (TPSA) is 50.9 Å². The fourth-order valence-electron chi connectivity index (χ4n) is 2.28. The van der Waals surface area contributed by atoms with Crippen LogP contribution in [-0.2, 0) is 6.61 Å². The van der Waals surface area contributed by atoms with Crippen LogP contribution in [0.15, 0.2) is 48.5 Å². The van der Waals surface area contributed by atoms with E-state index in [0.29, 0.717) is 10.7 Å². The van der Waals surface area contributed by atoms with Crippen molar-refractivity contribution in [3.63, 3.8) is 0 Å². The number of halogens is 1. The fraction of sp³-hybridized carbons (Fsp3) is 0.125. The van der Waals surface area contributed by atoms with Crippen LogP contribution in [0.5, 0.6) is 0 Å². The van der Waals surface area contributed by atoms with Gasteiger partial charge in [0.15, 0.2) is 0 Å². The first-order valence-corrected chi connectivity index (χ1v) is 6.95. The van der Waals surface area contributed by atoms with Gasteiger partial charge < -0.3 is 5.11 Å². The minimum absolute atomic E-state index is 0.173. The highest BCUT2D eigenvalue weighted by Gasteiger charge is 2.16. The monoisotopic (exact) mass is 299 g/mol. The molecule has 3 aromatic rings. The molecule has 0 aliphatic rings. The molecule has 0 amide bonds. The van der Waals surface area contributed by atoms with E-state index < -0.39 is 0 Å². The number of hydrogen-bond donors (Lipinski definition) is 1. The largest absolute Gasteiger partial charge is 0.390 e. The maximum absolute atomic E-state index is 9.52. The van der Waals surface area contributed by atoms with Crippen LogP contribution in [0.3, 0.4) is 0 Å². The molecule has 0 spiro atoms. The highest BCUT2D eigenvalue weighted by atomic mass is 35.5. The van der Waals surface area contributed by atoms with E-state index in [1.807, 2.05) is 55.5 Å². The zero-order valence-corrected chi connectivity index (χ0v) is 12.2. The SMILES string of the molecule is Cc1cccc(-n2nnc(CO)c2-c2cccc(Cl)c2)c1. The molecule has 0 atom stereocenters. The third-order valence-electron chi connectivity index (χ3n) is 3.23. The highest BCUT2D eigenvalue weighted by Crippen LogP contribution is 2.27. The molecule has 0 aliphatic heterocycles. The first-order chi connectivity index (χ1) is 10.2. The molecule has 0 aliphatic carbocycles. The molecule has 0 fully saturated rings. The molecule has 0 unspecified atom stereocenters. The quantitative estimate of drug-likeness (QED) is 0.806. The molecule has 0 radical (unpaired) electrons. The molecule has 1 heterocycles. The summed E-state index contributed by atoms with van der Waals surface area (Å²) in [5.74, 6) is 0. The molecule has 106 valence electrons. The Kier molecular flexibility index (Phi) is 3.73. The number of rotatable bonds is 3. The summed E-state index contributed by atoms with van der Waals surface area (Å²) in [6, 6.07) is 15.4. The lowest BCUT2D eigenvalue weighted by atomic mass is 10.1. The Morgan fingerprint density at radius 3 is 2.67 bits per heavy atom. The number of aryl methyl sites for hydroxylation is 1. The van der Waals surface area contributed by atoms with Gasteiger partial charge in [-0.1, -0.05) is 41.1 Å². The van der Waals surface area contributed by atoms with E-state index in [0.717, 1.165) is 22.5 Å². The van der Waals surface area contributed by atoms with E-state index >= 15 is 0 Å². The molecule has 21 heavy (non-hydrogen) atoms. The molecule has 3 rings (SSSR count). The molecule has 1 N–H and O–H groups in total. The first kappa shape index (κ1) is 13.8. The van der Waals surface area contributed by atoms with Crippen LogP contribution in [0.25, 0.3) is 16.9 Å². The number of nitrogens with zero attached hydrogens (tertiary/aromatic N) is 3. The van der Waals surface area contributed by atoms with Gasteiger partial charge in [0, 0.05) is 10.6 Å². The second kappa shape index (κ2) is 5.68. The zero-order valence-electron chi connectivity index (χ0n) is 11.5. The molecule has 1 aromatic heterocycles. The smallest absolute Gasteiger partial charge is 0.117 e. The van der Waals surface area contributed by atoms with Crippen molar-refractivity contribution in [1.29, 1.82) is 0 Å². The molecule has 0 saturated carbocycles. The molecule has 5 heteroatoms. The van der Waals surface area contributed by atoms with Crippen molar-refractivity contribution in [1.82, 2.24) is 15.0 Å². The van der Waals surface area contributed by atoms with Crippen LogP contribution in [0.1, 0.15) is 11.3 Å². The van der Waals surface area contributed by atoms with Gasteiger partial charge in [-0.05, 0) is 36.8 Å². The summed E-state index contributed by atoms with van der Waals surface area (Å²) in [5, 5.41) is 18.4. The maximum Gasteiger partial charge on any atom is 0.117 e. The van der Waals surface area contributed by atoms with E-state index in [-0.39, 0.29) is 6.61 Å². The normalized spacial score (nSPS) is 10.8. The standard InChI is InChI=1S/C16H14ClN3O/c1-11-4-2-7-14(8-11)20-16(15(10-21)18-19-20)12-5-3-6-13(17)9-12/h2-9,21H,10H2,1H3. The summed E-state index contributed by atoms with van der Waals surface area (Å²) < 4.78 is 1.73. The van der Waals surface area contributed by atoms with Gasteiger partial charge in [-0.25, -0.2) is 4.68 Å². The van der Waals surface area contributed by atoms with Gasteiger partial charge in [0.2, 0.25) is 0 Å². The Morgan fingerprint density at radius 1 is 1.14 bits per heavy atom. The maximum atomic E-state index is 9.52. The van der Waals surface area contributed by atoms with Crippen LogP contribution in [-0.4, -0.2) is 20.1 Å².